The minimum Gasteiger partial charge on any atom is -0.423 e. The number of nitrogens with zero attached hydrogens (tertiary/aromatic N) is 6. The molecule has 23 heavy (non-hydrogen) atoms. The Morgan fingerprint density at radius 3 is 2.61 bits per heavy atom. The largest absolute Gasteiger partial charge is 0.423 e. The number of halogens is 1. The van der Waals surface area contributed by atoms with Crippen molar-refractivity contribution in [1.82, 2.24) is 29.8 Å². The molecule has 0 aliphatic carbocycles. The van der Waals surface area contributed by atoms with E-state index in [2.05, 4.69) is 20.4 Å². The van der Waals surface area contributed by atoms with Gasteiger partial charge in [-0.2, -0.15) is 10.2 Å². The van der Waals surface area contributed by atoms with E-state index in [0.29, 0.717) is 29.8 Å². The van der Waals surface area contributed by atoms with Gasteiger partial charge in [0.2, 0.25) is 11.8 Å². The molecule has 0 N–H and O–H groups in total. The Morgan fingerprint density at radius 1 is 1.22 bits per heavy atom. The van der Waals surface area contributed by atoms with Crippen LogP contribution in [0, 0.1) is 20.8 Å². The van der Waals surface area contributed by atoms with Gasteiger partial charge in [-0.25, -0.2) is 0 Å². The highest BCUT2D eigenvalue weighted by Gasteiger charge is 2.18. The van der Waals surface area contributed by atoms with Gasteiger partial charge in [0, 0.05) is 24.9 Å². The molecule has 1 unspecified atom stereocenters. The Hall–Kier alpha value is -2.15. The molecule has 3 aromatic rings. The van der Waals surface area contributed by atoms with Crippen LogP contribution >= 0.6 is 11.6 Å². The smallest absolute Gasteiger partial charge is 0.240 e. The van der Waals surface area contributed by atoms with Gasteiger partial charge in [0.15, 0.2) is 0 Å². The summed E-state index contributed by atoms with van der Waals surface area (Å²) in [5.74, 6) is 1.11. The fourth-order valence-electron chi connectivity index (χ4n) is 2.41. The van der Waals surface area contributed by atoms with Crippen molar-refractivity contribution < 1.29 is 4.42 Å². The van der Waals surface area contributed by atoms with Gasteiger partial charge >= 0.3 is 0 Å². The van der Waals surface area contributed by atoms with Crippen LogP contribution in [0.1, 0.15) is 41.8 Å². The Labute approximate surface area is 139 Å². The highest BCUT2D eigenvalue weighted by molar-refractivity contribution is 6.31. The SMILES string of the molecule is Cc1cc(C)n(CCc2nnc(C(C)n3cc(Cl)c(C)n3)o2)n1. The summed E-state index contributed by atoms with van der Waals surface area (Å²) in [5, 5.41) is 17.6. The van der Waals surface area contributed by atoms with Gasteiger partial charge in [0.1, 0.15) is 6.04 Å². The third-order valence-corrected chi connectivity index (χ3v) is 4.11. The van der Waals surface area contributed by atoms with Crippen molar-refractivity contribution in [2.45, 2.75) is 46.7 Å². The summed E-state index contributed by atoms with van der Waals surface area (Å²) in [6.45, 7) is 8.53. The monoisotopic (exact) mass is 334 g/mol. The topological polar surface area (TPSA) is 74.6 Å². The summed E-state index contributed by atoms with van der Waals surface area (Å²) < 4.78 is 9.43. The van der Waals surface area contributed by atoms with Gasteiger partial charge < -0.3 is 4.42 Å². The van der Waals surface area contributed by atoms with Gasteiger partial charge in [-0.05, 0) is 33.8 Å². The molecular weight excluding hydrogens is 316 g/mol. The third kappa shape index (κ3) is 3.29. The zero-order valence-corrected chi connectivity index (χ0v) is 14.4. The number of aromatic nitrogens is 6. The van der Waals surface area contributed by atoms with Crippen LogP contribution in [0.15, 0.2) is 16.7 Å². The molecule has 0 aromatic carbocycles. The van der Waals surface area contributed by atoms with Gasteiger partial charge in [-0.3, -0.25) is 9.36 Å². The Kier molecular flexibility index (Phi) is 4.21. The standard InChI is InChI=1S/C15H19ClN6O/c1-9-7-10(2)21(19-9)6-5-14-17-18-15(23-14)12(4)22-8-13(16)11(3)20-22/h7-8,12H,5-6H2,1-4H3. The molecule has 1 atom stereocenters. The van der Waals surface area contributed by atoms with Crippen molar-refractivity contribution in [3.8, 4) is 0 Å². The van der Waals surface area contributed by atoms with Crippen LogP contribution in [0.4, 0.5) is 0 Å². The highest BCUT2D eigenvalue weighted by atomic mass is 35.5. The molecule has 0 radical (unpaired) electrons. The molecule has 0 aliphatic rings. The van der Waals surface area contributed by atoms with Crippen LogP contribution in [0.25, 0.3) is 0 Å². The fraction of sp³-hybridized carbons (Fsp3) is 0.467. The Balaban J connectivity index is 1.69. The predicted octanol–water partition coefficient (Wildman–Crippen LogP) is 2.89. The lowest BCUT2D eigenvalue weighted by atomic mass is 10.3. The zero-order chi connectivity index (χ0) is 16.6. The maximum atomic E-state index is 6.04. The van der Waals surface area contributed by atoms with E-state index < -0.39 is 0 Å². The maximum absolute atomic E-state index is 6.04. The average molecular weight is 335 g/mol. The lowest BCUT2D eigenvalue weighted by Crippen LogP contribution is -2.08. The molecule has 8 heteroatoms. The Morgan fingerprint density at radius 2 is 2.00 bits per heavy atom. The van der Waals surface area contributed by atoms with Crippen molar-refractivity contribution in [2.75, 3.05) is 0 Å². The van der Waals surface area contributed by atoms with E-state index in [4.69, 9.17) is 16.0 Å². The molecule has 0 saturated heterocycles. The normalized spacial score (nSPS) is 12.7. The lowest BCUT2D eigenvalue weighted by molar-refractivity contribution is 0.380. The van der Waals surface area contributed by atoms with Crippen LogP contribution in [0.5, 0.6) is 0 Å². The lowest BCUT2D eigenvalue weighted by Gasteiger charge is -2.06. The molecule has 3 rings (SSSR count). The first kappa shape index (κ1) is 15.7. The second kappa shape index (κ2) is 6.16. The summed E-state index contributed by atoms with van der Waals surface area (Å²) in [6.07, 6.45) is 2.40. The summed E-state index contributed by atoms with van der Waals surface area (Å²) in [5.41, 5.74) is 2.91. The maximum Gasteiger partial charge on any atom is 0.240 e. The first-order valence-corrected chi connectivity index (χ1v) is 7.86. The minimum absolute atomic E-state index is 0.156. The molecule has 0 saturated carbocycles. The quantitative estimate of drug-likeness (QED) is 0.717. The second-order valence-corrected chi connectivity index (χ2v) is 6.06. The average Bonchev–Trinajstić information content (AvgIpc) is 3.17. The number of aryl methyl sites for hydroxylation is 5. The van der Waals surface area contributed by atoms with Gasteiger partial charge in [-0.15, -0.1) is 10.2 Å². The molecule has 0 fully saturated rings. The summed E-state index contributed by atoms with van der Waals surface area (Å²) in [6, 6.07) is 1.89. The van der Waals surface area contributed by atoms with E-state index in [1.54, 1.807) is 10.9 Å². The molecule has 0 bridgehead atoms. The van der Waals surface area contributed by atoms with Crippen LogP contribution < -0.4 is 0 Å². The summed E-state index contributed by atoms with van der Waals surface area (Å²) in [4.78, 5) is 0. The van der Waals surface area contributed by atoms with E-state index in [1.165, 1.54) is 0 Å². The van der Waals surface area contributed by atoms with E-state index in [-0.39, 0.29) is 6.04 Å². The minimum atomic E-state index is -0.156. The molecule has 122 valence electrons. The van der Waals surface area contributed by atoms with Crippen LogP contribution in [-0.4, -0.2) is 29.8 Å². The number of hydrogen-bond donors (Lipinski definition) is 0. The van der Waals surface area contributed by atoms with Crippen LogP contribution in [0.2, 0.25) is 5.02 Å². The van der Waals surface area contributed by atoms with E-state index in [9.17, 15) is 0 Å². The molecule has 0 spiro atoms. The molecule has 0 aliphatic heterocycles. The van der Waals surface area contributed by atoms with Gasteiger partial charge in [0.25, 0.3) is 0 Å². The molecule has 3 aromatic heterocycles. The Bertz CT molecular complexity index is 798. The third-order valence-electron chi connectivity index (χ3n) is 3.73. The summed E-state index contributed by atoms with van der Waals surface area (Å²) in [7, 11) is 0. The van der Waals surface area contributed by atoms with Crippen molar-refractivity contribution in [1.29, 1.82) is 0 Å². The number of rotatable bonds is 5. The van der Waals surface area contributed by atoms with Crippen molar-refractivity contribution in [2.24, 2.45) is 0 Å². The van der Waals surface area contributed by atoms with Gasteiger partial charge in [-0.1, -0.05) is 11.6 Å². The van der Waals surface area contributed by atoms with Crippen LogP contribution in [-0.2, 0) is 13.0 Å². The van der Waals surface area contributed by atoms with Crippen molar-refractivity contribution in [3.05, 3.63) is 46.1 Å². The molecule has 3 heterocycles. The highest BCUT2D eigenvalue weighted by Crippen LogP contribution is 2.20. The first-order valence-electron chi connectivity index (χ1n) is 7.48. The summed E-state index contributed by atoms with van der Waals surface area (Å²) >= 11 is 6.04. The zero-order valence-electron chi connectivity index (χ0n) is 13.6. The molecule has 7 nitrogen and oxygen atoms in total. The van der Waals surface area contributed by atoms with E-state index in [1.807, 2.05) is 38.4 Å². The second-order valence-electron chi connectivity index (χ2n) is 5.65. The van der Waals surface area contributed by atoms with E-state index >= 15 is 0 Å². The van der Waals surface area contributed by atoms with E-state index in [0.717, 1.165) is 17.1 Å². The predicted molar refractivity (Wildman–Crippen MR) is 85.5 cm³/mol. The van der Waals surface area contributed by atoms with Crippen LogP contribution in [0.3, 0.4) is 0 Å². The molecule has 0 amide bonds. The molecular formula is C15H19ClN6O. The van der Waals surface area contributed by atoms with Crippen molar-refractivity contribution >= 4 is 11.6 Å². The number of hydrogen-bond acceptors (Lipinski definition) is 5. The van der Waals surface area contributed by atoms with Crippen molar-refractivity contribution in [3.63, 3.8) is 0 Å². The van der Waals surface area contributed by atoms with Gasteiger partial charge in [0.05, 0.1) is 16.4 Å². The fourth-order valence-corrected chi connectivity index (χ4v) is 2.55. The first-order chi connectivity index (χ1) is 10.9.